The van der Waals surface area contributed by atoms with Crippen LogP contribution in [0.15, 0.2) is 17.2 Å². The molecule has 0 aliphatic carbocycles. The summed E-state index contributed by atoms with van der Waals surface area (Å²) in [4.78, 5) is 11.8. The van der Waals surface area contributed by atoms with Crippen molar-refractivity contribution in [2.75, 3.05) is 6.54 Å². The van der Waals surface area contributed by atoms with Gasteiger partial charge in [-0.15, -0.1) is 0 Å². The zero-order valence-electron chi connectivity index (χ0n) is 10.8. The van der Waals surface area contributed by atoms with E-state index in [2.05, 4.69) is 5.32 Å². The van der Waals surface area contributed by atoms with Crippen molar-refractivity contribution in [2.24, 2.45) is 18.1 Å². The quantitative estimate of drug-likeness (QED) is 0.815. The Hall–Kier alpha value is -1.34. The van der Waals surface area contributed by atoms with Gasteiger partial charge in [0.1, 0.15) is 10.6 Å². The van der Waals surface area contributed by atoms with Gasteiger partial charge in [-0.2, -0.15) is 0 Å². The van der Waals surface area contributed by atoms with Crippen molar-refractivity contribution in [3.63, 3.8) is 0 Å². The Kier molecular flexibility index (Phi) is 4.53. The van der Waals surface area contributed by atoms with Crippen LogP contribution >= 0.6 is 0 Å². The predicted octanol–water partition coefficient (Wildman–Crippen LogP) is 0.448. The summed E-state index contributed by atoms with van der Waals surface area (Å²) in [5.74, 6) is 0.0830. The fraction of sp³-hybridized carbons (Fsp3) is 0.545. The molecule has 0 radical (unpaired) electrons. The first-order valence-corrected chi connectivity index (χ1v) is 7.27. The van der Waals surface area contributed by atoms with E-state index < -0.39 is 10.0 Å². The van der Waals surface area contributed by atoms with Crippen molar-refractivity contribution < 1.29 is 13.2 Å². The van der Waals surface area contributed by atoms with Crippen molar-refractivity contribution >= 4 is 15.9 Å². The van der Waals surface area contributed by atoms with Crippen LogP contribution in [0.4, 0.5) is 0 Å². The zero-order chi connectivity index (χ0) is 13.9. The lowest BCUT2D eigenvalue weighted by molar-refractivity contribution is 0.0939. The normalized spacial score (nSPS) is 13.3. The van der Waals surface area contributed by atoms with Gasteiger partial charge in [0.2, 0.25) is 10.0 Å². The number of hydrogen-bond donors (Lipinski definition) is 2. The molecular formula is C11H19N3O3S. The number of aryl methyl sites for hydroxylation is 1. The summed E-state index contributed by atoms with van der Waals surface area (Å²) in [6.07, 6.45) is 2.29. The van der Waals surface area contributed by atoms with Gasteiger partial charge >= 0.3 is 0 Å². The van der Waals surface area contributed by atoms with Gasteiger partial charge in [-0.05, 0) is 12.0 Å². The Morgan fingerprint density at radius 1 is 1.56 bits per heavy atom. The first kappa shape index (κ1) is 14.7. The van der Waals surface area contributed by atoms with Crippen LogP contribution in [0.5, 0.6) is 0 Å². The van der Waals surface area contributed by atoms with Crippen molar-refractivity contribution in [3.8, 4) is 0 Å². The Bertz CT molecular complexity index is 534. The smallest absolute Gasteiger partial charge is 0.267 e. The molecule has 1 unspecified atom stereocenters. The van der Waals surface area contributed by atoms with Gasteiger partial charge in [0, 0.05) is 19.8 Å². The minimum Gasteiger partial charge on any atom is -0.350 e. The van der Waals surface area contributed by atoms with E-state index in [4.69, 9.17) is 5.14 Å². The van der Waals surface area contributed by atoms with Crippen molar-refractivity contribution in [1.82, 2.24) is 9.88 Å². The van der Waals surface area contributed by atoms with E-state index in [-0.39, 0.29) is 16.5 Å². The number of sulfonamides is 1. The third-order valence-corrected chi connectivity index (χ3v) is 3.73. The fourth-order valence-electron chi connectivity index (χ4n) is 1.42. The van der Waals surface area contributed by atoms with E-state index in [0.29, 0.717) is 12.5 Å². The number of carbonyl (C=O) groups is 1. The van der Waals surface area contributed by atoms with E-state index in [9.17, 15) is 13.2 Å². The maximum atomic E-state index is 11.9. The highest BCUT2D eigenvalue weighted by Crippen LogP contribution is 2.11. The molecular weight excluding hydrogens is 254 g/mol. The van der Waals surface area contributed by atoms with Crippen LogP contribution in [-0.2, 0) is 17.1 Å². The van der Waals surface area contributed by atoms with Crippen LogP contribution < -0.4 is 10.5 Å². The Morgan fingerprint density at radius 3 is 2.61 bits per heavy atom. The summed E-state index contributed by atoms with van der Waals surface area (Å²) in [5, 5.41) is 7.77. The summed E-state index contributed by atoms with van der Waals surface area (Å²) in [5.41, 5.74) is 0.280. The highest BCUT2D eigenvalue weighted by molar-refractivity contribution is 7.89. The molecule has 18 heavy (non-hydrogen) atoms. The van der Waals surface area contributed by atoms with Gasteiger partial charge in [0.25, 0.3) is 5.91 Å². The van der Waals surface area contributed by atoms with Crippen LogP contribution in [0.2, 0.25) is 0 Å². The van der Waals surface area contributed by atoms with Crippen LogP contribution in [0.1, 0.15) is 30.8 Å². The SMILES string of the molecule is CCC(C)CNC(=O)c1cc(S(N)(=O)=O)cn1C. The average Bonchev–Trinajstić information content (AvgIpc) is 2.67. The summed E-state index contributed by atoms with van der Waals surface area (Å²) in [7, 11) is -2.17. The van der Waals surface area contributed by atoms with Gasteiger partial charge in [-0.1, -0.05) is 20.3 Å². The van der Waals surface area contributed by atoms with Crippen molar-refractivity contribution in [3.05, 3.63) is 18.0 Å². The maximum absolute atomic E-state index is 11.9. The molecule has 0 aliphatic heterocycles. The largest absolute Gasteiger partial charge is 0.350 e. The molecule has 1 amide bonds. The molecule has 1 atom stereocenters. The monoisotopic (exact) mass is 273 g/mol. The fourth-order valence-corrected chi connectivity index (χ4v) is 2.00. The van der Waals surface area contributed by atoms with Crippen LogP contribution in [0.25, 0.3) is 0 Å². The molecule has 0 fully saturated rings. The zero-order valence-corrected chi connectivity index (χ0v) is 11.6. The molecule has 1 heterocycles. The van der Waals surface area contributed by atoms with Crippen LogP contribution in [0, 0.1) is 5.92 Å². The number of carbonyl (C=O) groups excluding carboxylic acids is 1. The van der Waals surface area contributed by atoms with E-state index in [1.165, 1.54) is 16.8 Å². The third-order valence-electron chi connectivity index (χ3n) is 2.85. The summed E-state index contributed by atoms with van der Waals surface area (Å²) in [6, 6.07) is 1.28. The molecule has 0 aromatic carbocycles. The first-order chi connectivity index (χ1) is 8.25. The lowest BCUT2D eigenvalue weighted by atomic mass is 10.1. The number of nitrogens with two attached hydrogens (primary N) is 1. The number of rotatable bonds is 5. The van der Waals surface area contributed by atoms with Gasteiger partial charge < -0.3 is 9.88 Å². The van der Waals surface area contributed by atoms with Gasteiger partial charge in [-0.3, -0.25) is 4.79 Å². The molecule has 0 bridgehead atoms. The lowest BCUT2D eigenvalue weighted by Crippen LogP contribution is -2.29. The standard InChI is InChI=1S/C11H19N3O3S/c1-4-8(2)6-13-11(15)10-5-9(7-14(10)3)18(12,16)17/h5,7-8H,4,6H2,1-3H3,(H,13,15)(H2,12,16,17). The van der Waals surface area contributed by atoms with E-state index >= 15 is 0 Å². The Morgan fingerprint density at radius 2 is 2.17 bits per heavy atom. The molecule has 1 aromatic rings. The highest BCUT2D eigenvalue weighted by Gasteiger charge is 2.17. The number of aromatic nitrogens is 1. The van der Waals surface area contributed by atoms with E-state index in [1.54, 1.807) is 7.05 Å². The number of amides is 1. The van der Waals surface area contributed by atoms with Crippen molar-refractivity contribution in [1.29, 1.82) is 0 Å². The minimum absolute atomic E-state index is 0.0568. The predicted molar refractivity (Wildman–Crippen MR) is 68.6 cm³/mol. The number of nitrogens with one attached hydrogen (secondary N) is 1. The van der Waals surface area contributed by atoms with Crippen LogP contribution in [0.3, 0.4) is 0 Å². The number of hydrogen-bond acceptors (Lipinski definition) is 3. The second kappa shape index (κ2) is 5.53. The molecule has 6 nitrogen and oxygen atoms in total. The van der Waals surface area contributed by atoms with Crippen LogP contribution in [-0.4, -0.2) is 25.4 Å². The summed E-state index contributed by atoms with van der Waals surface area (Å²) < 4.78 is 23.8. The van der Waals surface area contributed by atoms with Gasteiger partial charge in [0.05, 0.1) is 0 Å². The molecule has 3 N–H and O–H groups in total. The average molecular weight is 273 g/mol. The molecule has 102 valence electrons. The number of primary sulfonamides is 1. The summed E-state index contributed by atoms with van der Waals surface area (Å²) >= 11 is 0. The second-order valence-electron chi connectivity index (χ2n) is 4.44. The van der Waals surface area contributed by atoms with E-state index in [0.717, 1.165) is 6.42 Å². The Balaban J connectivity index is 2.84. The molecule has 0 spiro atoms. The molecule has 1 rings (SSSR count). The van der Waals surface area contributed by atoms with Gasteiger partial charge in [-0.25, -0.2) is 13.6 Å². The Labute approximate surface area is 107 Å². The first-order valence-electron chi connectivity index (χ1n) is 5.73. The lowest BCUT2D eigenvalue weighted by Gasteiger charge is -2.10. The van der Waals surface area contributed by atoms with E-state index in [1.807, 2.05) is 13.8 Å². The van der Waals surface area contributed by atoms with Crippen molar-refractivity contribution in [2.45, 2.75) is 25.2 Å². The second-order valence-corrected chi connectivity index (χ2v) is 6.00. The topological polar surface area (TPSA) is 94.2 Å². The highest BCUT2D eigenvalue weighted by atomic mass is 32.2. The minimum atomic E-state index is -3.77. The molecule has 7 heteroatoms. The number of nitrogens with zero attached hydrogens (tertiary/aromatic N) is 1. The molecule has 0 aliphatic rings. The van der Waals surface area contributed by atoms with Gasteiger partial charge in [0.15, 0.2) is 0 Å². The molecule has 0 saturated carbocycles. The maximum Gasteiger partial charge on any atom is 0.267 e. The summed E-state index contributed by atoms with van der Waals surface area (Å²) in [6.45, 7) is 4.63. The molecule has 0 saturated heterocycles. The third kappa shape index (κ3) is 3.58. The molecule has 1 aromatic heterocycles.